The molecule has 0 aromatic heterocycles. The SMILES string of the molecule is C[C@@H](NC(=O)NCc1ccc(N2CCCC2=O)cc1)c1ccc(Cl)c(Cl)c1. The molecule has 27 heavy (non-hydrogen) atoms. The van der Waals surface area contributed by atoms with Crippen LogP contribution < -0.4 is 15.5 Å². The lowest BCUT2D eigenvalue weighted by Gasteiger charge is -2.17. The number of carbonyl (C=O) groups is 2. The van der Waals surface area contributed by atoms with E-state index in [0.29, 0.717) is 23.0 Å². The van der Waals surface area contributed by atoms with E-state index < -0.39 is 0 Å². The number of benzene rings is 2. The van der Waals surface area contributed by atoms with Crippen LogP contribution in [0.5, 0.6) is 0 Å². The molecule has 0 bridgehead atoms. The maximum Gasteiger partial charge on any atom is 0.315 e. The van der Waals surface area contributed by atoms with E-state index >= 15 is 0 Å². The minimum absolute atomic E-state index is 0.163. The van der Waals surface area contributed by atoms with Crippen molar-refractivity contribution < 1.29 is 9.59 Å². The summed E-state index contributed by atoms with van der Waals surface area (Å²) in [5, 5.41) is 6.64. The van der Waals surface area contributed by atoms with Crippen molar-refractivity contribution in [3.8, 4) is 0 Å². The van der Waals surface area contributed by atoms with Crippen LogP contribution in [0.2, 0.25) is 10.0 Å². The Kier molecular flexibility index (Phi) is 6.24. The zero-order valence-corrected chi connectivity index (χ0v) is 16.5. The number of anilines is 1. The number of carbonyl (C=O) groups excluding carboxylic acids is 2. The first-order valence-corrected chi connectivity index (χ1v) is 9.58. The van der Waals surface area contributed by atoms with Crippen molar-refractivity contribution in [1.82, 2.24) is 10.6 Å². The fraction of sp³-hybridized carbons (Fsp3) is 0.300. The summed E-state index contributed by atoms with van der Waals surface area (Å²) in [6, 6.07) is 12.5. The topological polar surface area (TPSA) is 61.4 Å². The molecule has 0 radical (unpaired) electrons. The van der Waals surface area contributed by atoms with Gasteiger partial charge >= 0.3 is 6.03 Å². The Hall–Kier alpha value is -2.24. The highest BCUT2D eigenvalue weighted by Crippen LogP contribution is 2.25. The molecule has 7 heteroatoms. The minimum atomic E-state index is -0.271. The lowest BCUT2D eigenvalue weighted by atomic mass is 10.1. The van der Waals surface area contributed by atoms with E-state index in [9.17, 15) is 9.59 Å². The molecule has 3 amide bonds. The van der Waals surface area contributed by atoms with Crippen molar-refractivity contribution in [3.63, 3.8) is 0 Å². The number of rotatable bonds is 5. The van der Waals surface area contributed by atoms with Crippen molar-refractivity contribution >= 4 is 40.8 Å². The van der Waals surface area contributed by atoms with Gasteiger partial charge < -0.3 is 15.5 Å². The Labute approximate surface area is 168 Å². The summed E-state index contributed by atoms with van der Waals surface area (Å²) in [4.78, 5) is 25.7. The highest BCUT2D eigenvalue weighted by Gasteiger charge is 2.21. The normalized spacial score (nSPS) is 14.9. The van der Waals surface area contributed by atoms with Crippen LogP contribution in [0, 0.1) is 0 Å². The van der Waals surface area contributed by atoms with Gasteiger partial charge in [-0.3, -0.25) is 4.79 Å². The summed E-state index contributed by atoms with van der Waals surface area (Å²) in [6.07, 6.45) is 1.51. The molecule has 5 nitrogen and oxygen atoms in total. The lowest BCUT2D eigenvalue weighted by Crippen LogP contribution is -2.36. The van der Waals surface area contributed by atoms with Crippen LogP contribution in [-0.2, 0) is 11.3 Å². The summed E-state index contributed by atoms with van der Waals surface area (Å²) >= 11 is 11.9. The van der Waals surface area contributed by atoms with Gasteiger partial charge in [0.15, 0.2) is 0 Å². The fourth-order valence-electron chi connectivity index (χ4n) is 3.01. The number of nitrogens with zero attached hydrogens (tertiary/aromatic N) is 1. The molecule has 142 valence electrons. The van der Waals surface area contributed by atoms with Gasteiger partial charge in [-0.1, -0.05) is 41.4 Å². The Morgan fingerprint density at radius 3 is 2.52 bits per heavy atom. The molecule has 2 N–H and O–H groups in total. The molecule has 1 aliphatic rings. The van der Waals surface area contributed by atoms with Crippen LogP contribution in [0.25, 0.3) is 0 Å². The summed E-state index contributed by atoms with van der Waals surface area (Å²) < 4.78 is 0. The number of nitrogens with one attached hydrogen (secondary N) is 2. The van der Waals surface area contributed by atoms with E-state index in [0.717, 1.165) is 29.8 Å². The monoisotopic (exact) mass is 405 g/mol. The predicted octanol–water partition coefficient (Wildman–Crippen LogP) is 4.68. The highest BCUT2D eigenvalue weighted by molar-refractivity contribution is 6.42. The molecule has 2 aromatic rings. The molecular weight excluding hydrogens is 385 g/mol. The smallest absolute Gasteiger partial charge is 0.315 e. The Bertz CT molecular complexity index is 840. The first-order chi connectivity index (χ1) is 12.9. The van der Waals surface area contributed by atoms with Crippen molar-refractivity contribution in [2.24, 2.45) is 0 Å². The third kappa shape index (κ3) is 4.93. The van der Waals surface area contributed by atoms with Gasteiger partial charge in [-0.2, -0.15) is 0 Å². The molecule has 1 atom stereocenters. The zero-order valence-electron chi connectivity index (χ0n) is 15.0. The van der Waals surface area contributed by atoms with Crippen LogP contribution in [0.3, 0.4) is 0 Å². The average Bonchev–Trinajstić information content (AvgIpc) is 3.08. The summed E-state index contributed by atoms with van der Waals surface area (Å²) in [7, 11) is 0. The van der Waals surface area contributed by atoms with Gasteiger partial charge in [0.05, 0.1) is 16.1 Å². The van der Waals surface area contributed by atoms with Crippen LogP contribution in [0.1, 0.15) is 36.9 Å². The van der Waals surface area contributed by atoms with Crippen LogP contribution in [0.4, 0.5) is 10.5 Å². The Morgan fingerprint density at radius 1 is 1.15 bits per heavy atom. The van der Waals surface area contributed by atoms with Crippen molar-refractivity contribution in [3.05, 3.63) is 63.6 Å². The van der Waals surface area contributed by atoms with Gasteiger partial charge in [-0.15, -0.1) is 0 Å². The van der Waals surface area contributed by atoms with E-state index in [1.165, 1.54) is 0 Å². The molecule has 0 saturated carbocycles. The van der Waals surface area contributed by atoms with Gasteiger partial charge in [0, 0.05) is 25.2 Å². The minimum Gasteiger partial charge on any atom is -0.334 e. The Morgan fingerprint density at radius 2 is 1.89 bits per heavy atom. The number of amides is 3. The first kappa shape index (κ1) is 19.5. The molecule has 1 saturated heterocycles. The predicted molar refractivity (Wildman–Crippen MR) is 108 cm³/mol. The summed E-state index contributed by atoms with van der Waals surface area (Å²) in [5.74, 6) is 0.163. The zero-order chi connectivity index (χ0) is 19.4. The van der Waals surface area contributed by atoms with Crippen LogP contribution in [-0.4, -0.2) is 18.5 Å². The van der Waals surface area contributed by atoms with E-state index in [1.54, 1.807) is 17.0 Å². The third-order valence-electron chi connectivity index (χ3n) is 4.57. The van der Waals surface area contributed by atoms with E-state index in [1.807, 2.05) is 37.3 Å². The number of hydrogen-bond acceptors (Lipinski definition) is 2. The molecule has 0 aliphatic carbocycles. The molecule has 2 aromatic carbocycles. The van der Waals surface area contributed by atoms with E-state index in [4.69, 9.17) is 23.2 Å². The summed E-state index contributed by atoms with van der Waals surface area (Å²) in [6.45, 7) is 3.04. The number of urea groups is 1. The number of halogens is 2. The Balaban J connectivity index is 1.51. The largest absolute Gasteiger partial charge is 0.334 e. The first-order valence-electron chi connectivity index (χ1n) is 8.82. The molecule has 1 heterocycles. The van der Waals surface area contributed by atoms with Gasteiger partial charge in [-0.25, -0.2) is 4.79 Å². The average molecular weight is 406 g/mol. The maximum atomic E-state index is 12.1. The van der Waals surface area contributed by atoms with Crippen molar-refractivity contribution in [1.29, 1.82) is 0 Å². The van der Waals surface area contributed by atoms with Gasteiger partial charge in [0.1, 0.15) is 0 Å². The standard InChI is InChI=1S/C20H21Cl2N3O2/c1-13(15-6-9-17(21)18(22)11-15)24-20(27)23-12-14-4-7-16(8-5-14)25-10-2-3-19(25)26/h4-9,11,13H,2-3,10,12H2,1H3,(H2,23,24,27)/t13-/m1/s1. The quantitative estimate of drug-likeness (QED) is 0.758. The van der Waals surface area contributed by atoms with Crippen molar-refractivity contribution in [2.75, 3.05) is 11.4 Å². The van der Waals surface area contributed by atoms with Crippen molar-refractivity contribution in [2.45, 2.75) is 32.4 Å². The third-order valence-corrected chi connectivity index (χ3v) is 5.30. The van der Waals surface area contributed by atoms with Gasteiger partial charge in [-0.05, 0) is 48.7 Å². The second-order valence-electron chi connectivity index (χ2n) is 6.54. The number of hydrogen-bond donors (Lipinski definition) is 2. The molecule has 0 spiro atoms. The van der Waals surface area contributed by atoms with E-state index in [-0.39, 0.29) is 18.0 Å². The van der Waals surface area contributed by atoms with E-state index in [2.05, 4.69) is 10.6 Å². The van der Waals surface area contributed by atoms with Crippen LogP contribution >= 0.6 is 23.2 Å². The molecular formula is C20H21Cl2N3O2. The molecule has 1 aliphatic heterocycles. The fourth-order valence-corrected chi connectivity index (χ4v) is 3.32. The lowest BCUT2D eigenvalue weighted by molar-refractivity contribution is -0.117. The summed E-state index contributed by atoms with van der Waals surface area (Å²) in [5.41, 5.74) is 2.74. The second kappa shape index (κ2) is 8.63. The van der Waals surface area contributed by atoms with Gasteiger partial charge in [0.25, 0.3) is 0 Å². The van der Waals surface area contributed by atoms with Crippen LogP contribution in [0.15, 0.2) is 42.5 Å². The highest BCUT2D eigenvalue weighted by atomic mass is 35.5. The molecule has 0 unspecified atom stereocenters. The molecule has 1 fully saturated rings. The maximum absolute atomic E-state index is 12.1. The van der Waals surface area contributed by atoms with Gasteiger partial charge in [0.2, 0.25) is 5.91 Å². The second-order valence-corrected chi connectivity index (χ2v) is 7.35. The molecule has 3 rings (SSSR count).